The van der Waals surface area contributed by atoms with E-state index in [1.54, 1.807) is 0 Å². The molecule has 0 spiro atoms. The van der Waals surface area contributed by atoms with Gasteiger partial charge in [0.05, 0.1) is 0 Å². The molecule has 40 heavy (non-hydrogen) atoms. The lowest BCUT2D eigenvalue weighted by atomic mass is 9.97. The van der Waals surface area contributed by atoms with E-state index in [1.165, 1.54) is 0 Å². The highest BCUT2D eigenvalue weighted by Crippen LogP contribution is 2.44. The summed E-state index contributed by atoms with van der Waals surface area (Å²) in [4.78, 5) is 39.6. The second kappa shape index (κ2) is 12.3. The van der Waals surface area contributed by atoms with Crippen LogP contribution in [0.4, 0.5) is 4.79 Å². The quantitative estimate of drug-likeness (QED) is 0.308. The Balaban J connectivity index is 1.25. The van der Waals surface area contributed by atoms with Gasteiger partial charge in [0.2, 0.25) is 5.91 Å². The number of alkyl carbamates (subject to hydrolysis) is 1. The molecule has 8 nitrogen and oxygen atoms in total. The first-order valence-corrected chi connectivity index (χ1v) is 13.8. The van der Waals surface area contributed by atoms with Crippen LogP contribution in [0.1, 0.15) is 48.3 Å². The highest BCUT2D eigenvalue weighted by molar-refractivity contribution is 5.90. The summed E-state index contributed by atoms with van der Waals surface area (Å²) >= 11 is 0. The maximum absolute atomic E-state index is 13.5. The molecule has 3 aromatic rings. The van der Waals surface area contributed by atoms with Crippen LogP contribution < -0.4 is 10.6 Å². The molecule has 5 rings (SSSR count). The summed E-state index contributed by atoms with van der Waals surface area (Å²) in [7, 11) is 0. The second-order valence-electron chi connectivity index (χ2n) is 10.6. The number of ether oxygens (including phenoxy) is 1. The summed E-state index contributed by atoms with van der Waals surface area (Å²) < 4.78 is 5.79. The number of benzene rings is 3. The van der Waals surface area contributed by atoms with Gasteiger partial charge in [-0.15, -0.1) is 0 Å². The average molecular weight is 542 g/mol. The van der Waals surface area contributed by atoms with Crippen LogP contribution in [0, 0.1) is 0 Å². The fourth-order valence-electron chi connectivity index (χ4n) is 5.81. The zero-order valence-electron chi connectivity index (χ0n) is 22.5. The number of aliphatic carboxylic acids is 1. The zero-order chi connectivity index (χ0) is 28.0. The molecular formula is C32H35N3O5. The van der Waals surface area contributed by atoms with Gasteiger partial charge in [0, 0.05) is 38.5 Å². The fraction of sp³-hybridized carbons (Fsp3) is 0.344. The number of nitrogens with one attached hydrogen (secondary N) is 2. The molecule has 1 atom stereocenters. The Kier molecular flexibility index (Phi) is 8.45. The van der Waals surface area contributed by atoms with E-state index < -0.39 is 17.6 Å². The molecule has 208 valence electrons. The number of carbonyl (C=O) groups is 3. The van der Waals surface area contributed by atoms with Crippen molar-refractivity contribution in [3.05, 3.63) is 95.6 Å². The number of fused-ring (bicyclic) bond motifs is 3. The van der Waals surface area contributed by atoms with Gasteiger partial charge in [-0.2, -0.15) is 0 Å². The first-order valence-electron chi connectivity index (χ1n) is 13.8. The molecule has 0 aromatic heterocycles. The number of carbonyl (C=O) groups excluding carboxylic acids is 2. The van der Waals surface area contributed by atoms with Crippen molar-refractivity contribution >= 4 is 18.0 Å². The van der Waals surface area contributed by atoms with Gasteiger partial charge in [-0.25, -0.2) is 4.79 Å². The zero-order valence-corrected chi connectivity index (χ0v) is 22.5. The highest BCUT2D eigenvalue weighted by Gasteiger charge is 2.46. The SMILES string of the molecule is O=C(O)CCCCNC(=O)C1(NC(=O)OCC2c3ccccc3-c3ccccc32)CCN(Cc2ccccc2)C1. The van der Waals surface area contributed by atoms with Crippen molar-refractivity contribution in [3.63, 3.8) is 0 Å². The average Bonchev–Trinajstić information content (AvgIpc) is 3.51. The van der Waals surface area contributed by atoms with Crippen LogP contribution in [0.2, 0.25) is 0 Å². The smallest absolute Gasteiger partial charge is 0.408 e. The Labute approximate surface area is 234 Å². The first-order chi connectivity index (χ1) is 19.4. The maximum Gasteiger partial charge on any atom is 0.408 e. The van der Waals surface area contributed by atoms with Gasteiger partial charge in [-0.05, 0) is 47.1 Å². The molecule has 1 heterocycles. The Bertz CT molecular complexity index is 1320. The van der Waals surface area contributed by atoms with Gasteiger partial charge in [-0.3, -0.25) is 14.5 Å². The number of likely N-dealkylation sites (tertiary alicyclic amines) is 1. The van der Waals surface area contributed by atoms with Crippen molar-refractivity contribution in [2.24, 2.45) is 0 Å². The molecule has 1 unspecified atom stereocenters. The maximum atomic E-state index is 13.5. The minimum atomic E-state index is -1.13. The van der Waals surface area contributed by atoms with Gasteiger partial charge >= 0.3 is 12.1 Å². The normalized spacial score (nSPS) is 18.1. The molecular weight excluding hydrogens is 506 g/mol. The lowest BCUT2D eigenvalue weighted by molar-refractivity contribution is -0.137. The minimum Gasteiger partial charge on any atom is -0.481 e. The summed E-state index contributed by atoms with van der Waals surface area (Å²) in [6.45, 7) is 2.18. The van der Waals surface area contributed by atoms with Gasteiger partial charge in [0.15, 0.2) is 0 Å². The minimum absolute atomic E-state index is 0.0594. The van der Waals surface area contributed by atoms with Crippen LogP contribution in [0.25, 0.3) is 11.1 Å². The van der Waals surface area contributed by atoms with Gasteiger partial charge in [0.25, 0.3) is 0 Å². The molecule has 1 aliphatic heterocycles. The van der Waals surface area contributed by atoms with E-state index in [2.05, 4.69) is 39.8 Å². The predicted molar refractivity (Wildman–Crippen MR) is 152 cm³/mol. The van der Waals surface area contributed by atoms with Crippen LogP contribution in [0.15, 0.2) is 78.9 Å². The number of nitrogens with zero attached hydrogens (tertiary/aromatic N) is 1. The molecule has 0 radical (unpaired) electrons. The van der Waals surface area contributed by atoms with Gasteiger partial charge < -0.3 is 20.5 Å². The summed E-state index contributed by atoms with van der Waals surface area (Å²) in [5.41, 5.74) is 4.55. The highest BCUT2D eigenvalue weighted by atomic mass is 16.5. The molecule has 0 bridgehead atoms. The molecule has 2 amide bonds. The van der Waals surface area contributed by atoms with E-state index in [0.717, 1.165) is 27.8 Å². The summed E-state index contributed by atoms with van der Waals surface area (Å²) in [6, 6.07) is 26.3. The van der Waals surface area contributed by atoms with Crippen LogP contribution in [-0.4, -0.2) is 59.8 Å². The third kappa shape index (κ3) is 6.18. The Hall–Kier alpha value is -4.17. The van der Waals surface area contributed by atoms with Crippen LogP contribution in [0.3, 0.4) is 0 Å². The number of carboxylic acids is 1. The number of amides is 2. The van der Waals surface area contributed by atoms with E-state index in [0.29, 0.717) is 45.4 Å². The monoisotopic (exact) mass is 541 g/mol. The molecule has 1 saturated heterocycles. The van der Waals surface area contributed by atoms with Crippen molar-refractivity contribution in [1.29, 1.82) is 0 Å². The van der Waals surface area contributed by atoms with Crippen molar-refractivity contribution < 1.29 is 24.2 Å². The largest absolute Gasteiger partial charge is 0.481 e. The van der Waals surface area contributed by atoms with Gasteiger partial charge in [-0.1, -0.05) is 78.9 Å². The number of carboxylic acid groups (broad SMARTS) is 1. The number of hydrogen-bond acceptors (Lipinski definition) is 5. The third-order valence-corrected chi connectivity index (χ3v) is 7.82. The summed E-state index contributed by atoms with van der Waals surface area (Å²) in [6.07, 6.45) is 0.911. The number of hydrogen-bond donors (Lipinski definition) is 3. The predicted octanol–water partition coefficient (Wildman–Crippen LogP) is 4.54. The van der Waals surface area contributed by atoms with E-state index in [9.17, 15) is 14.4 Å². The second-order valence-corrected chi connectivity index (χ2v) is 10.6. The Morgan fingerprint density at radius 2 is 1.55 bits per heavy atom. The molecule has 8 heteroatoms. The van der Waals surface area contributed by atoms with E-state index in [-0.39, 0.29) is 24.9 Å². The number of rotatable bonds is 11. The molecule has 0 saturated carbocycles. The van der Waals surface area contributed by atoms with E-state index in [4.69, 9.17) is 9.84 Å². The lowest BCUT2D eigenvalue weighted by Gasteiger charge is -2.29. The van der Waals surface area contributed by atoms with Crippen molar-refractivity contribution in [3.8, 4) is 11.1 Å². The fourth-order valence-corrected chi connectivity index (χ4v) is 5.81. The number of unbranched alkanes of at least 4 members (excludes halogenated alkanes) is 1. The molecule has 1 aliphatic carbocycles. The lowest BCUT2D eigenvalue weighted by Crippen LogP contribution is -2.60. The molecule has 3 N–H and O–H groups in total. The molecule has 1 fully saturated rings. The molecule has 2 aliphatic rings. The van der Waals surface area contributed by atoms with Gasteiger partial charge in [0.1, 0.15) is 12.1 Å². The Morgan fingerprint density at radius 3 is 2.23 bits per heavy atom. The van der Waals surface area contributed by atoms with Crippen LogP contribution >= 0.6 is 0 Å². The summed E-state index contributed by atoms with van der Waals surface area (Å²) in [5, 5.41) is 14.7. The van der Waals surface area contributed by atoms with Crippen molar-refractivity contribution in [1.82, 2.24) is 15.5 Å². The summed E-state index contributed by atoms with van der Waals surface area (Å²) in [5.74, 6) is -1.20. The molecule has 3 aromatic carbocycles. The van der Waals surface area contributed by atoms with Crippen molar-refractivity contribution in [2.75, 3.05) is 26.2 Å². The topological polar surface area (TPSA) is 108 Å². The Morgan fingerprint density at radius 1 is 0.900 bits per heavy atom. The first kappa shape index (κ1) is 27.4. The third-order valence-electron chi connectivity index (χ3n) is 7.82. The van der Waals surface area contributed by atoms with Crippen molar-refractivity contribution in [2.45, 2.75) is 43.7 Å². The van der Waals surface area contributed by atoms with E-state index in [1.807, 2.05) is 54.6 Å². The van der Waals surface area contributed by atoms with Crippen LogP contribution in [-0.2, 0) is 20.9 Å². The van der Waals surface area contributed by atoms with E-state index >= 15 is 0 Å². The standard InChI is InChI=1S/C32H35N3O5/c36-29(37)16-8-9-18-33-30(38)32(17-19-35(22-32)20-23-10-2-1-3-11-23)34-31(39)40-21-28-26-14-6-4-12-24(26)25-13-5-7-15-27(25)28/h1-7,10-15,28H,8-9,16-22H2,(H,33,38)(H,34,39)(H,36,37). The van der Waals surface area contributed by atoms with Crippen LogP contribution in [0.5, 0.6) is 0 Å².